The quantitative estimate of drug-likeness (QED) is 0.680. The number of hydrogen-bond donors (Lipinski definition) is 2. The first-order chi connectivity index (χ1) is 6.19. The van der Waals surface area contributed by atoms with E-state index >= 15 is 0 Å². The molecule has 1 amide bonds. The van der Waals surface area contributed by atoms with Gasteiger partial charge in [-0.1, -0.05) is 12.1 Å². The Balaban J connectivity index is 2.80. The van der Waals surface area contributed by atoms with E-state index in [1.54, 1.807) is 0 Å². The predicted molar refractivity (Wildman–Crippen MR) is 44.9 cm³/mol. The van der Waals surface area contributed by atoms with Crippen LogP contribution in [0.5, 0.6) is 0 Å². The third kappa shape index (κ3) is 2.03. The monoisotopic (exact) mass is 184 g/mol. The molecular weight excluding hydrogens is 172 g/mol. The number of nitrogens with two attached hydrogens (primary N) is 1. The highest BCUT2D eigenvalue weighted by molar-refractivity contribution is 5.89. The van der Waals surface area contributed by atoms with E-state index < -0.39 is 0 Å². The number of aromatic nitrogens is 2. The molecule has 1 aromatic heterocycles. The van der Waals surface area contributed by atoms with E-state index in [0.29, 0.717) is 12.3 Å². The standard InChI is InChI=1S/C7H12N4O2/c1-3-4(8)7-10-5(11-13-7)6(12)9-2/h4H,3,8H2,1-2H3,(H,9,12)/t4-/m1/s1. The van der Waals surface area contributed by atoms with Gasteiger partial charge in [0.15, 0.2) is 0 Å². The van der Waals surface area contributed by atoms with Gasteiger partial charge < -0.3 is 15.6 Å². The van der Waals surface area contributed by atoms with Crippen molar-refractivity contribution in [1.82, 2.24) is 15.5 Å². The molecule has 0 fully saturated rings. The van der Waals surface area contributed by atoms with E-state index in [1.807, 2.05) is 6.92 Å². The Morgan fingerprint density at radius 1 is 1.77 bits per heavy atom. The summed E-state index contributed by atoms with van der Waals surface area (Å²) in [5, 5.41) is 5.86. The zero-order valence-electron chi connectivity index (χ0n) is 7.57. The van der Waals surface area contributed by atoms with E-state index in [0.717, 1.165) is 0 Å². The molecule has 0 aliphatic heterocycles. The highest BCUT2D eigenvalue weighted by atomic mass is 16.5. The van der Waals surface area contributed by atoms with E-state index in [4.69, 9.17) is 10.3 Å². The first kappa shape index (κ1) is 9.66. The molecule has 13 heavy (non-hydrogen) atoms. The summed E-state index contributed by atoms with van der Waals surface area (Å²) < 4.78 is 4.79. The fraction of sp³-hybridized carbons (Fsp3) is 0.571. The molecule has 0 radical (unpaired) electrons. The van der Waals surface area contributed by atoms with Crippen LogP contribution >= 0.6 is 0 Å². The van der Waals surface area contributed by atoms with Gasteiger partial charge in [0.05, 0.1) is 6.04 Å². The fourth-order valence-electron chi connectivity index (χ4n) is 0.764. The predicted octanol–water partition coefficient (Wildman–Crippen LogP) is -0.161. The molecule has 0 aliphatic carbocycles. The molecule has 0 saturated heterocycles. The van der Waals surface area contributed by atoms with Crippen LogP contribution in [0.4, 0.5) is 0 Å². The topological polar surface area (TPSA) is 94.0 Å². The molecule has 0 unspecified atom stereocenters. The third-order valence-electron chi connectivity index (χ3n) is 1.63. The Morgan fingerprint density at radius 2 is 2.46 bits per heavy atom. The zero-order chi connectivity index (χ0) is 9.84. The lowest BCUT2D eigenvalue weighted by atomic mass is 10.2. The Labute approximate surface area is 75.5 Å². The van der Waals surface area contributed by atoms with Crippen molar-refractivity contribution in [2.75, 3.05) is 7.05 Å². The van der Waals surface area contributed by atoms with Crippen LogP contribution in [0.1, 0.15) is 35.9 Å². The number of amides is 1. The lowest BCUT2D eigenvalue weighted by molar-refractivity contribution is 0.0950. The van der Waals surface area contributed by atoms with Crippen molar-refractivity contribution >= 4 is 5.91 Å². The van der Waals surface area contributed by atoms with Gasteiger partial charge in [-0.15, -0.1) is 0 Å². The number of hydrogen-bond acceptors (Lipinski definition) is 5. The van der Waals surface area contributed by atoms with Crippen LogP contribution < -0.4 is 11.1 Å². The largest absolute Gasteiger partial charge is 0.352 e. The summed E-state index contributed by atoms with van der Waals surface area (Å²) in [4.78, 5) is 14.8. The highest BCUT2D eigenvalue weighted by Gasteiger charge is 2.16. The maximum atomic E-state index is 11.0. The molecule has 1 atom stereocenters. The zero-order valence-corrected chi connectivity index (χ0v) is 7.57. The van der Waals surface area contributed by atoms with Crippen molar-refractivity contribution in [1.29, 1.82) is 0 Å². The van der Waals surface area contributed by atoms with Gasteiger partial charge in [-0.25, -0.2) is 0 Å². The first-order valence-corrected chi connectivity index (χ1v) is 4.00. The maximum Gasteiger partial charge on any atom is 0.292 e. The molecule has 0 aliphatic rings. The average Bonchev–Trinajstić information content (AvgIpc) is 2.64. The second-order valence-electron chi connectivity index (χ2n) is 2.55. The number of carbonyl (C=O) groups excluding carboxylic acids is 1. The minimum Gasteiger partial charge on any atom is -0.352 e. The van der Waals surface area contributed by atoms with Crippen LogP contribution in [0.2, 0.25) is 0 Å². The van der Waals surface area contributed by atoms with Gasteiger partial charge in [0.2, 0.25) is 5.89 Å². The van der Waals surface area contributed by atoms with Crippen molar-refractivity contribution < 1.29 is 9.32 Å². The molecule has 0 spiro atoms. The average molecular weight is 184 g/mol. The van der Waals surface area contributed by atoms with Gasteiger partial charge in [0.25, 0.3) is 11.7 Å². The van der Waals surface area contributed by atoms with E-state index in [1.165, 1.54) is 7.05 Å². The van der Waals surface area contributed by atoms with Crippen LogP contribution in [0.15, 0.2) is 4.52 Å². The van der Waals surface area contributed by atoms with E-state index in [2.05, 4.69) is 15.5 Å². The molecular formula is C7H12N4O2. The summed E-state index contributed by atoms with van der Waals surface area (Å²) >= 11 is 0. The first-order valence-electron chi connectivity index (χ1n) is 4.00. The molecule has 72 valence electrons. The van der Waals surface area contributed by atoms with Crippen molar-refractivity contribution in [3.63, 3.8) is 0 Å². The van der Waals surface area contributed by atoms with Crippen molar-refractivity contribution in [3.05, 3.63) is 11.7 Å². The SMILES string of the molecule is CC[C@@H](N)c1nc(C(=O)NC)no1. The summed E-state index contributed by atoms with van der Waals surface area (Å²) in [6.07, 6.45) is 0.690. The summed E-state index contributed by atoms with van der Waals surface area (Å²) in [5.74, 6) is -0.0687. The molecule has 1 heterocycles. The summed E-state index contributed by atoms with van der Waals surface area (Å²) in [7, 11) is 1.50. The van der Waals surface area contributed by atoms with Crippen LogP contribution in [-0.4, -0.2) is 23.1 Å². The van der Waals surface area contributed by atoms with Gasteiger partial charge in [0.1, 0.15) is 0 Å². The van der Waals surface area contributed by atoms with Gasteiger partial charge in [-0.2, -0.15) is 4.98 Å². The number of rotatable bonds is 3. The van der Waals surface area contributed by atoms with E-state index in [9.17, 15) is 4.79 Å². The number of carbonyl (C=O) groups is 1. The van der Waals surface area contributed by atoms with Crippen LogP contribution in [-0.2, 0) is 0 Å². The fourth-order valence-corrected chi connectivity index (χ4v) is 0.764. The normalized spacial score (nSPS) is 12.5. The van der Waals surface area contributed by atoms with Crippen LogP contribution in [0.3, 0.4) is 0 Å². The molecule has 0 bridgehead atoms. The minimum absolute atomic E-state index is 0.0152. The number of nitrogens with one attached hydrogen (secondary N) is 1. The number of nitrogens with zero attached hydrogens (tertiary/aromatic N) is 2. The lowest BCUT2D eigenvalue weighted by Crippen LogP contribution is -2.19. The minimum atomic E-state index is -0.377. The molecule has 6 heteroatoms. The molecule has 1 rings (SSSR count). The Morgan fingerprint density at radius 3 is 3.00 bits per heavy atom. The summed E-state index contributed by atoms with van der Waals surface area (Å²) in [6, 6.07) is -0.300. The van der Waals surface area contributed by atoms with Gasteiger partial charge in [0, 0.05) is 7.05 Å². The Hall–Kier alpha value is -1.43. The molecule has 0 aromatic carbocycles. The van der Waals surface area contributed by atoms with Gasteiger partial charge in [-0.3, -0.25) is 4.79 Å². The summed E-state index contributed by atoms with van der Waals surface area (Å²) in [5.41, 5.74) is 5.62. The second-order valence-corrected chi connectivity index (χ2v) is 2.55. The van der Waals surface area contributed by atoms with Crippen LogP contribution in [0, 0.1) is 0 Å². The summed E-state index contributed by atoms with van der Waals surface area (Å²) in [6.45, 7) is 1.90. The van der Waals surface area contributed by atoms with Gasteiger partial charge in [-0.05, 0) is 6.42 Å². The van der Waals surface area contributed by atoms with Crippen molar-refractivity contribution in [2.45, 2.75) is 19.4 Å². The molecule has 3 N–H and O–H groups in total. The Bertz CT molecular complexity index is 296. The highest BCUT2D eigenvalue weighted by Crippen LogP contribution is 2.10. The third-order valence-corrected chi connectivity index (χ3v) is 1.63. The maximum absolute atomic E-state index is 11.0. The van der Waals surface area contributed by atoms with Crippen molar-refractivity contribution in [2.24, 2.45) is 5.73 Å². The van der Waals surface area contributed by atoms with Crippen molar-refractivity contribution in [3.8, 4) is 0 Å². The molecule has 1 aromatic rings. The smallest absolute Gasteiger partial charge is 0.292 e. The Kier molecular flexibility index (Phi) is 2.97. The lowest BCUT2D eigenvalue weighted by Gasteiger charge is -1.98. The van der Waals surface area contributed by atoms with E-state index in [-0.39, 0.29) is 17.8 Å². The van der Waals surface area contributed by atoms with Crippen LogP contribution in [0.25, 0.3) is 0 Å². The molecule has 6 nitrogen and oxygen atoms in total. The van der Waals surface area contributed by atoms with Gasteiger partial charge >= 0.3 is 0 Å². The second kappa shape index (κ2) is 3.99. The molecule has 0 saturated carbocycles.